The van der Waals surface area contributed by atoms with E-state index in [1.54, 1.807) is 42.5 Å². The predicted molar refractivity (Wildman–Crippen MR) is 102 cm³/mol. The van der Waals surface area contributed by atoms with E-state index in [0.29, 0.717) is 12.8 Å². The van der Waals surface area contributed by atoms with E-state index in [-0.39, 0.29) is 19.4 Å². The van der Waals surface area contributed by atoms with Gasteiger partial charge in [-0.3, -0.25) is 4.79 Å². The molecule has 0 heterocycles. The van der Waals surface area contributed by atoms with Crippen LogP contribution in [-0.2, 0) is 4.79 Å². The molecule has 0 aromatic heterocycles. The first-order chi connectivity index (χ1) is 12.5. The summed E-state index contributed by atoms with van der Waals surface area (Å²) in [5.41, 5.74) is 0. The van der Waals surface area contributed by atoms with Crippen LogP contribution < -0.4 is 0 Å². The number of hydrogen-bond acceptors (Lipinski definition) is 5. The number of unbranched alkanes of at least 4 members (excludes halogenated alkanes) is 2. The summed E-state index contributed by atoms with van der Waals surface area (Å²) in [4.78, 5) is 10.4. The summed E-state index contributed by atoms with van der Waals surface area (Å²) in [7, 11) is 0. The van der Waals surface area contributed by atoms with Crippen LogP contribution in [0.15, 0.2) is 48.6 Å². The summed E-state index contributed by atoms with van der Waals surface area (Å²) < 4.78 is 0. The summed E-state index contributed by atoms with van der Waals surface area (Å²) in [5.74, 6) is -0.916. The third kappa shape index (κ3) is 15.8. The number of carboxylic acids is 1. The van der Waals surface area contributed by atoms with Gasteiger partial charge < -0.3 is 25.5 Å². The Morgan fingerprint density at radius 2 is 1.38 bits per heavy atom. The smallest absolute Gasteiger partial charge is 0.303 e. The first kappa shape index (κ1) is 24.3. The van der Waals surface area contributed by atoms with Crippen LogP contribution in [0.3, 0.4) is 0 Å². The van der Waals surface area contributed by atoms with E-state index in [0.717, 1.165) is 19.3 Å². The molecule has 0 rings (SSSR count). The molecule has 0 spiro atoms. The zero-order valence-corrected chi connectivity index (χ0v) is 15.2. The zero-order valence-electron chi connectivity index (χ0n) is 15.2. The maximum absolute atomic E-state index is 10.4. The molecule has 0 bridgehead atoms. The van der Waals surface area contributed by atoms with Crippen molar-refractivity contribution in [1.82, 2.24) is 0 Å². The third-order valence-corrected chi connectivity index (χ3v) is 3.64. The molecule has 0 saturated heterocycles. The highest BCUT2D eigenvalue weighted by Gasteiger charge is 2.12. The lowest BCUT2D eigenvalue weighted by Crippen LogP contribution is -2.23. The van der Waals surface area contributed by atoms with Gasteiger partial charge in [-0.2, -0.15) is 0 Å². The molecule has 0 aromatic rings. The largest absolute Gasteiger partial charge is 0.481 e. The van der Waals surface area contributed by atoms with E-state index in [9.17, 15) is 20.1 Å². The van der Waals surface area contributed by atoms with Crippen molar-refractivity contribution in [2.75, 3.05) is 6.61 Å². The molecule has 6 heteroatoms. The highest BCUT2D eigenvalue weighted by molar-refractivity contribution is 5.66. The van der Waals surface area contributed by atoms with Gasteiger partial charge in [0.25, 0.3) is 0 Å². The van der Waals surface area contributed by atoms with E-state index in [2.05, 4.69) is 0 Å². The van der Waals surface area contributed by atoms with Crippen LogP contribution in [0.4, 0.5) is 0 Å². The topological polar surface area (TPSA) is 118 Å². The van der Waals surface area contributed by atoms with Gasteiger partial charge in [-0.05, 0) is 25.7 Å². The molecule has 0 aliphatic carbocycles. The molecule has 0 aliphatic rings. The summed E-state index contributed by atoms with van der Waals surface area (Å²) in [6.45, 7) is 0.191. The van der Waals surface area contributed by atoms with Gasteiger partial charge in [-0.15, -0.1) is 0 Å². The number of hydrogen-bond donors (Lipinski definition) is 5. The second kappa shape index (κ2) is 16.7. The van der Waals surface area contributed by atoms with Gasteiger partial charge in [-0.25, -0.2) is 0 Å². The molecule has 0 amide bonds. The van der Waals surface area contributed by atoms with Crippen LogP contribution in [0, 0.1) is 0 Å². The number of aliphatic carboxylic acids is 1. The van der Waals surface area contributed by atoms with Crippen LogP contribution in [0.5, 0.6) is 0 Å². The standard InChI is InChI=1S/C20H32O6/c21-16-9-5-7-12-17(22)11-6-3-1-2-4-8-13-18(23)19(24)14-10-15-20(25)26/h1-4,6,8,11,13,17-19,21-24H,5,7,9-10,12,14-16H2,(H,25,26). The number of carbonyl (C=O) groups is 1. The van der Waals surface area contributed by atoms with Gasteiger partial charge in [0.1, 0.15) is 0 Å². The Kier molecular flexibility index (Phi) is 15.6. The molecule has 148 valence electrons. The summed E-state index contributed by atoms with van der Waals surface area (Å²) in [6, 6.07) is 0. The van der Waals surface area contributed by atoms with Crippen LogP contribution >= 0.6 is 0 Å². The lowest BCUT2D eigenvalue weighted by Gasteiger charge is -2.13. The second-order valence-corrected chi connectivity index (χ2v) is 6.02. The van der Waals surface area contributed by atoms with Gasteiger partial charge in [-0.1, -0.05) is 61.4 Å². The molecular formula is C20H32O6. The van der Waals surface area contributed by atoms with Gasteiger partial charge >= 0.3 is 5.97 Å². The van der Waals surface area contributed by atoms with Crippen molar-refractivity contribution in [3.63, 3.8) is 0 Å². The van der Waals surface area contributed by atoms with Gasteiger partial charge in [0.15, 0.2) is 0 Å². The number of aliphatic hydroxyl groups excluding tert-OH is 4. The van der Waals surface area contributed by atoms with Crippen molar-refractivity contribution in [1.29, 1.82) is 0 Å². The van der Waals surface area contributed by atoms with E-state index in [4.69, 9.17) is 10.2 Å². The zero-order chi connectivity index (χ0) is 19.6. The van der Waals surface area contributed by atoms with Crippen LogP contribution in [0.1, 0.15) is 44.9 Å². The predicted octanol–water partition coefficient (Wildman–Crippen LogP) is 2.10. The molecular weight excluding hydrogens is 336 g/mol. The number of carboxylic acid groups (broad SMARTS) is 1. The molecule has 26 heavy (non-hydrogen) atoms. The van der Waals surface area contributed by atoms with E-state index in [1.807, 2.05) is 0 Å². The monoisotopic (exact) mass is 368 g/mol. The maximum Gasteiger partial charge on any atom is 0.303 e. The fourth-order valence-electron chi connectivity index (χ4n) is 2.13. The quantitative estimate of drug-likeness (QED) is 0.223. The third-order valence-electron chi connectivity index (χ3n) is 3.64. The first-order valence-corrected chi connectivity index (χ1v) is 9.02. The summed E-state index contributed by atoms with van der Waals surface area (Å²) in [6.07, 6.45) is 14.8. The summed E-state index contributed by atoms with van der Waals surface area (Å²) >= 11 is 0. The highest BCUT2D eigenvalue weighted by Crippen LogP contribution is 2.07. The van der Waals surface area contributed by atoms with Crippen LogP contribution in [-0.4, -0.2) is 56.4 Å². The van der Waals surface area contributed by atoms with Gasteiger partial charge in [0.2, 0.25) is 0 Å². The fourth-order valence-corrected chi connectivity index (χ4v) is 2.13. The van der Waals surface area contributed by atoms with Crippen LogP contribution in [0.2, 0.25) is 0 Å². The Morgan fingerprint density at radius 1 is 0.769 bits per heavy atom. The molecule has 0 radical (unpaired) electrons. The molecule has 3 unspecified atom stereocenters. The molecule has 6 nitrogen and oxygen atoms in total. The van der Waals surface area contributed by atoms with Gasteiger partial charge in [0.05, 0.1) is 18.3 Å². The fraction of sp³-hybridized carbons (Fsp3) is 0.550. The Bertz CT molecular complexity index is 467. The molecule has 3 atom stereocenters. The minimum Gasteiger partial charge on any atom is -0.481 e. The lowest BCUT2D eigenvalue weighted by molar-refractivity contribution is -0.137. The average molecular weight is 368 g/mol. The number of allylic oxidation sites excluding steroid dienone is 6. The van der Waals surface area contributed by atoms with Crippen molar-refractivity contribution in [2.24, 2.45) is 0 Å². The van der Waals surface area contributed by atoms with Gasteiger partial charge in [0, 0.05) is 13.0 Å². The van der Waals surface area contributed by atoms with Crippen molar-refractivity contribution in [3.8, 4) is 0 Å². The Morgan fingerprint density at radius 3 is 2.00 bits per heavy atom. The van der Waals surface area contributed by atoms with E-state index < -0.39 is 24.3 Å². The minimum atomic E-state index is -1.03. The Hall–Kier alpha value is -1.73. The number of rotatable bonds is 15. The normalized spacial score (nSPS) is 16.2. The van der Waals surface area contributed by atoms with Crippen LogP contribution in [0.25, 0.3) is 0 Å². The average Bonchev–Trinajstić information content (AvgIpc) is 2.60. The second-order valence-electron chi connectivity index (χ2n) is 6.02. The molecule has 0 fully saturated rings. The number of aliphatic hydroxyl groups is 4. The van der Waals surface area contributed by atoms with Crippen molar-refractivity contribution in [3.05, 3.63) is 48.6 Å². The summed E-state index contributed by atoms with van der Waals surface area (Å²) in [5, 5.41) is 46.2. The molecule has 5 N–H and O–H groups in total. The molecule has 0 saturated carbocycles. The van der Waals surface area contributed by atoms with Crippen molar-refractivity contribution < 1.29 is 30.3 Å². The lowest BCUT2D eigenvalue weighted by atomic mass is 10.1. The Balaban J connectivity index is 3.94. The van der Waals surface area contributed by atoms with E-state index >= 15 is 0 Å². The molecule has 0 aliphatic heterocycles. The van der Waals surface area contributed by atoms with E-state index in [1.165, 1.54) is 6.08 Å². The van der Waals surface area contributed by atoms with Crippen molar-refractivity contribution >= 4 is 5.97 Å². The molecule has 0 aromatic carbocycles. The maximum atomic E-state index is 10.4. The SMILES string of the molecule is O=C(O)CCCC(O)C(O)C=CC=CC=CC=CC(O)CCCCCO. The minimum absolute atomic E-state index is 0.0247. The van der Waals surface area contributed by atoms with Crippen molar-refractivity contribution in [2.45, 2.75) is 63.3 Å². The Labute approximate surface area is 155 Å². The first-order valence-electron chi connectivity index (χ1n) is 9.02. The highest BCUT2D eigenvalue weighted by atomic mass is 16.4.